The summed E-state index contributed by atoms with van der Waals surface area (Å²) in [5.74, 6) is 0.170. The molecule has 2 aromatic rings. The molecule has 2 aromatic carbocycles. The molecule has 0 radical (unpaired) electrons. The van der Waals surface area contributed by atoms with Crippen molar-refractivity contribution in [1.29, 1.82) is 0 Å². The Hall–Kier alpha value is -2.21. The fraction of sp³-hybridized carbons (Fsp3) is 0.125. The lowest BCUT2D eigenvalue weighted by Gasteiger charge is -2.09. The second-order valence-electron chi connectivity index (χ2n) is 4.53. The van der Waals surface area contributed by atoms with Gasteiger partial charge in [0.25, 0.3) is 0 Å². The fourth-order valence-electron chi connectivity index (χ4n) is 1.65. The van der Waals surface area contributed by atoms with Crippen LogP contribution in [-0.2, 0) is 11.4 Å². The molecule has 1 N–H and O–H groups in total. The minimum absolute atomic E-state index is 0.227. The van der Waals surface area contributed by atoms with Crippen LogP contribution >= 0.6 is 15.9 Å². The van der Waals surface area contributed by atoms with Gasteiger partial charge in [-0.05, 0) is 57.4 Å². The van der Waals surface area contributed by atoms with Crippen molar-refractivity contribution in [2.75, 3.05) is 0 Å². The van der Waals surface area contributed by atoms with Crippen molar-refractivity contribution in [2.45, 2.75) is 13.5 Å². The maximum absolute atomic E-state index is 12.8. The van der Waals surface area contributed by atoms with Gasteiger partial charge in [0.15, 0.2) is 0 Å². The second-order valence-corrected chi connectivity index (χ2v) is 5.39. The molecular weight excluding hydrogens is 351 g/mol. The minimum Gasteiger partial charge on any atom is -0.488 e. The minimum atomic E-state index is -0.271. The summed E-state index contributed by atoms with van der Waals surface area (Å²) in [5, 5.41) is 3.79. The van der Waals surface area contributed by atoms with Crippen LogP contribution in [0.4, 0.5) is 4.39 Å². The van der Waals surface area contributed by atoms with E-state index >= 15 is 0 Å². The highest BCUT2D eigenvalue weighted by atomic mass is 79.9. The van der Waals surface area contributed by atoms with Gasteiger partial charge in [0.2, 0.25) is 5.91 Å². The van der Waals surface area contributed by atoms with Gasteiger partial charge in [-0.25, -0.2) is 9.82 Å². The number of carbonyl (C=O) groups is 1. The summed E-state index contributed by atoms with van der Waals surface area (Å²) in [5.41, 5.74) is 4.03. The van der Waals surface area contributed by atoms with Crippen LogP contribution in [0, 0.1) is 5.82 Å². The number of halogens is 2. The Morgan fingerprint density at radius 2 is 2.05 bits per heavy atom. The van der Waals surface area contributed by atoms with Gasteiger partial charge in [-0.15, -0.1) is 0 Å². The van der Waals surface area contributed by atoms with Crippen LogP contribution in [0.15, 0.2) is 52.0 Å². The Balaban J connectivity index is 1.98. The first kappa shape index (κ1) is 16.2. The average Bonchev–Trinajstić information content (AvgIpc) is 2.48. The van der Waals surface area contributed by atoms with E-state index in [0.29, 0.717) is 12.4 Å². The third-order valence-electron chi connectivity index (χ3n) is 2.70. The second kappa shape index (κ2) is 7.70. The normalized spacial score (nSPS) is 10.7. The SMILES string of the molecule is CC(=O)N/N=C\c1ccc(OCc2ccc(F)cc2)c(Br)c1. The van der Waals surface area contributed by atoms with E-state index in [0.717, 1.165) is 15.6 Å². The summed E-state index contributed by atoms with van der Waals surface area (Å²) in [4.78, 5) is 10.7. The van der Waals surface area contributed by atoms with E-state index in [4.69, 9.17) is 4.74 Å². The lowest BCUT2D eigenvalue weighted by Crippen LogP contribution is -2.12. The third-order valence-corrected chi connectivity index (χ3v) is 3.32. The van der Waals surface area contributed by atoms with E-state index in [9.17, 15) is 9.18 Å². The van der Waals surface area contributed by atoms with Crippen molar-refractivity contribution in [3.05, 3.63) is 63.9 Å². The number of hydrazone groups is 1. The molecule has 0 spiro atoms. The summed E-state index contributed by atoms with van der Waals surface area (Å²) in [7, 11) is 0. The van der Waals surface area contributed by atoms with Gasteiger partial charge >= 0.3 is 0 Å². The highest BCUT2D eigenvalue weighted by Gasteiger charge is 2.03. The van der Waals surface area contributed by atoms with Crippen LogP contribution in [0.5, 0.6) is 5.75 Å². The van der Waals surface area contributed by atoms with Crippen LogP contribution < -0.4 is 10.2 Å². The molecule has 0 aliphatic rings. The molecule has 2 rings (SSSR count). The quantitative estimate of drug-likeness (QED) is 0.650. The Morgan fingerprint density at radius 1 is 1.32 bits per heavy atom. The Bertz CT molecular complexity index is 687. The maximum atomic E-state index is 12.8. The molecule has 0 aliphatic heterocycles. The molecule has 4 nitrogen and oxygen atoms in total. The largest absolute Gasteiger partial charge is 0.488 e. The number of hydrogen-bond donors (Lipinski definition) is 1. The van der Waals surface area contributed by atoms with Crippen LogP contribution in [0.25, 0.3) is 0 Å². The molecule has 0 fully saturated rings. The number of benzene rings is 2. The maximum Gasteiger partial charge on any atom is 0.236 e. The van der Waals surface area contributed by atoms with E-state index in [-0.39, 0.29) is 11.7 Å². The monoisotopic (exact) mass is 364 g/mol. The molecule has 0 aromatic heterocycles. The zero-order valence-electron chi connectivity index (χ0n) is 11.8. The molecule has 0 unspecified atom stereocenters. The van der Waals surface area contributed by atoms with Gasteiger partial charge in [0.1, 0.15) is 18.2 Å². The Kier molecular flexibility index (Phi) is 5.66. The van der Waals surface area contributed by atoms with Gasteiger partial charge in [-0.1, -0.05) is 12.1 Å². The fourth-order valence-corrected chi connectivity index (χ4v) is 2.16. The van der Waals surface area contributed by atoms with Crippen LogP contribution in [0.3, 0.4) is 0 Å². The van der Waals surface area contributed by atoms with E-state index in [1.165, 1.54) is 25.3 Å². The number of ether oxygens (including phenoxy) is 1. The highest BCUT2D eigenvalue weighted by Crippen LogP contribution is 2.26. The summed E-state index contributed by atoms with van der Waals surface area (Å²) in [6, 6.07) is 11.6. The van der Waals surface area contributed by atoms with E-state index in [1.54, 1.807) is 18.2 Å². The lowest BCUT2D eigenvalue weighted by atomic mass is 10.2. The number of nitrogens with zero attached hydrogens (tertiary/aromatic N) is 1. The van der Waals surface area contributed by atoms with Crippen LogP contribution in [0.1, 0.15) is 18.1 Å². The van der Waals surface area contributed by atoms with Crippen molar-refractivity contribution in [3.8, 4) is 5.75 Å². The lowest BCUT2D eigenvalue weighted by molar-refractivity contribution is -0.118. The molecule has 0 heterocycles. The standard InChI is InChI=1S/C16H14BrFN2O2/c1-11(21)20-19-9-13-4-7-16(15(17)8-13)22-10-12-2-5-14(18)6-3-12/h2-9H,10H2,1H3,(H,20,21)/b19-9-. The molecule has 22 heavy (non-hydrogen) atoms. The molecule has 114 valence electrons. The highest BCUT2D eigenvalue weighted by molar-refractivity contribution is 9.10. The van der Waals surface area contributed by atoms with Crippen LogP contribution in [-0.4, -0.2) is 12.1 Å². The summed E-state index contributed by atoms with van der Waals surface area (Å²) >= 11 is 3.42. The van der Waals surface area contributed by atoms with Crippen molar-refractivity contribution in [1.82, 2.24) is 5.43 Å². The summed E-state index contributed by atoms with van der Waals surface area (Å²) in [6.45, 7) is 1.73. The van der Waals surface area contributed by atoms with Crippen molar-refractivity contribution in [3.63, 3.8) is 0 Å². The van der Waals surface area contributed by atoms with Gasteiger partial charge in [0.05, 0.1) is 10.7 Å². The first-order valence-electron chi connectivity index (χ1n) is 6.51. The number of amides is 1. The first-order valence-corrected chi connectivity index (χ1v) is 7.30. The smallest absolute Gasteiger partial charge is 0.236 e. The number of rotatable bonds is 5. The van der Waals surface area contributed by atoms with Crippen molar-refractivity contribution >= 4 is 28.1 Å². The Morgan fingerprint density at radius 3 is 2.68 bits per heavy atom. The van der Waals surface area contributed by atoms with Gasteiger partial charge in [0, 0.05) is 6.92 Å². The third kappa shape index (κ3) is 4.96. The summed E-state index contributed by atoms with van der Waals surface area (Å²) in [6.07, 6.45) is 1.54. The molecule has 6 heteroatoms. The summed E-state index contributed by atoms with van der Waals surface area (Å²) < 4.78 is 19.3. The molecule has 0 saturated heterocycles. The predicted molar refractivity (Wildman–Crippen MR) is 86.3 cm³/mol. The van der Waals surface area contributed by atoms with E-state index in [2.05, 4.69) is 26.5 Å². The zero-order valence-corrected chi connectivity index (χ0v) is 13.4. The van der Waals surface area contributed by atoms with Crippen molar-refractivity contribution < 1.29 is 13.9 Å². The Labute approximate surface area is 136 Å². The zero-order chi connectivity index (χ0) is 15.9. The number of carbonyl (C=O) groups excluding carboxylic acids is 1. The van der Waals surface area contributed by atoms with Gasteiger partial charge < -0.3 is 4.74 Å². The molecule has 0 aliphatic carbocycles. The molecule has 0 atom stereocenters. The van der Waals surface area contributed by atoms with Gasteiger partial charge in [-0.2, -0.15) is 5.10 Å². The number of nitrogens with one attached hydrogen (secondary N) is 1. The predicted octanol–water partition coefficient (Wildman–Crippen LogP) is 3.64. The molecular formula is C16H14BrFN2O2. The first-order chi connectivity index (χ1) is 10.5. The molecule has 0 saturated carbocycles. The van der Waals surface area contributed by atoms with E-state index < -0.39 is 0 Å². The van der Waals surface area contributed by atoms with Gasteiger partial charge in [-0.3, -0.25) is 4.79 Å². The van der Waals surface area contributed by atoms with Crippen LogP contribution in [0.2, 0.25) is 0 Å². The number of hydrogen-bond acceptors (Lipinski definition) is 3. The van der Waals surface area contributed by atoms with Crippen molar-refractivity contribution in [2.24, 2.45) is 5.10 Å². The van der Waals surface area contributed by atoms with E-state index in [1.807, 2.05) is 12.1 Å². The molecule has 1 amide bonds. The topological polar surface area (TPSA) is 50.7 Å². The molecule has 0 bridgehead atoms. The average molecular weight is 365 g/mol.